The van der Waals surface area contributed by atoms with Gasteiger partial charge in [0.1, 0.15) is 0 Å². The van der Waals surface area contributed by atoms with E-state index < -0.39 is 47.0 Å². The van der Waals surface area contributed by atoms with Crippen LogP contribution in [0, 0.1) is 0 Å². The molecule has 0 aromatic heterocycles. The van der Waals surface area contributed by atoms with Crippen LogP contribution in [0.3, 0.4) is 0 Å². The Labute approximate surface area is 101 Å². The molecule has 0 saturated heterocycles. The highest BCUT2D eigenvalue weighted by Crippen LogP contribution is 2.46. The van der Waals surface area contributed by atoms with E-state index in [2.05, 4.69) is 13.6 Å². The molecule has 0 aliphatic heterocycles. The lowest BCUT2D eigenvalue weighted by Crippen LogP contribution is -2.22. The summed E-state index contributed by atoms with van der Waals surface area (Å²) in [4.78, 5) is 0. The van der Waals surface area contributed by atoms with Crippen molar-refractivity contribution in [3.8, 4) is 0 Å². The molecular formula is C6H6F9O3P. The van der Waals surface area contributed by atoms with E-state index in [-0.39, 0.29) is 0 Å². The van der Waals surface area contributed by atoms with Gasteiger partial charge in [-0.25, -0.2) is 39.5 Å². The number of rotatable bonds is 9. The molecule has 3 atom stereocenters. The first-order chi connectivity index (χ1) is 8.65. The van der Waals surface area contributed by atoms with Gasteiger partial charge < -0.3 is 0 Å². The van der Waals surface area contributed by atoms with Crippen molar-refractivity contribution in [2.24, 2.45) is 0 Å². The zero-order valence-electron chi connectivity index (χ0n) is 8.54. The topological polar surface area (TPSA) is 27.7 Å². The molecule has 19 heavy (non-hydrogen) atoms. The Kier molecular flexibility index (Phi) is 8.62. The second-order valence-corrected chi connectivity index (χ2v) is 3.68. The largest absolute Gasteiger partial charge is 0.341 e. The van der Waals surface area contributed by atoms with Crippen LogP contribution in [0.2, 0.25) is 0 Å². The van der Waals surface area contributed by atoms with E-state index in [0.717, 1.165) is 0 Å². The van der Waals surface area contributed by atoms with E-state index in [0.29, 0.717) is 0 Å². The molecule has 3 unspecified atom stereocenters. The van der Waals surface area contributed by atoms with Crippen molar-refractivity contribution in [2.75, 3.05) is 0 Å². The van der Waals surface area contributed by atoms with E-state index in [4.69, 9.17) is 0 Å². The standard InChI is InChI=1S/C6H6F9O3P/c7-1(8)4(13)16-19(17-5(14)2(9)10)18-6(15)3(11)12/h1-6H. The maximum Gasteiger partial charge on any atom is 0.341 e. The molecule has 13 heteroatoms. The molecule has 0 heterocycles. The molecule has 116 valence electrons. The fourth-order valence-corrected chi connectivity index (χ4v) is 1.38. The maximum atomic E-state index is 12.3. The lowest BCUT2D eigenvalue weighted by Gasteiger charge is -2.21. The Hall–Kier alpha value is -0.320. The van der Waals surface area contributed by atoms with Crippen LogP contribution in [0.1, 0.15) is 0 Å². The third-order valence-corrected chi connectivity index (χ3v) is 2.28. The summed E-state index contributed by atoms with van der Waals surface area (Å²) in [6.07, 6.45) is -22.0. The summed E-state index contributed by atoms with van der Waals surface area (Å²) in [5.41, 5.74) is 0. The van der Waals surface area contributed by atoms with Crippen molar-refractivity contribution in [1.29, 1.82) is 0 Å². The van der Waals surface area contributed by atoms with Gasteiger partial charge in [-0.1, -0.05) is 0 Å². The van der Waals surface area contributed by atoms with E-state index in [9.17, 15) is 39.5 Å². The highest BCUT2D eigenvalue weighted by atomic mass is 31.2. The number of halogens is 9. The average molecular weight is 328 g/mol. The predicted molar refractivity (Wildman–Crippen MR) is 42.9 cm³/mol. The summed E-state index contributed by atoms with van der Waals surface area (Å²) in [6, 6.07) is 0. The first kappa shape index (κ1) is 18.7. The van der Waals surface area contributed by atoms with Crippen LogP contribution in [0.15, 0.2) is 0 Å². The van der Waals surface area contributed by atoms with Crippen LogP contribution in [0.5, 0.6) is 0 Å². The first-order valence-electron chi connectivity index (χ1n) is 4.22. The van der Waals surface area contributed by atoms with E-state index in [1.54, 1.807) is 0 Å². The minimum absolute atomic E-state index is 3.41. The molecule has 0 rings (SSSR count). The van der Waals surface area contributed by atoms with E-state index in [1.807, 2.05) is 0 Å². The summed E-state index contributed by atoms with van der Waals surface area (Å²) in [5, 5.41) is 0. The van der Waals surface area contributed by atoms with Crippen molar-refractivity contribution in [1.82, 2.24) is 0 Å². The summed E-state index contributed by atoms with van der Waals surface area (Å²) in [5.74, 6) is 0. The zero-order valence-corrected chi connectivity index (χ0v) is 9.43. The molecule has 0 N–H and O–H groups in total. The zero-order chi connectivity index (χ0) is 15.2. The van der Waals surface area contributed by atoms with Gasteiger partial charge in [-0.3, -0.25) is 13.6 Å². The van der Waals surface area contributed by atoms with Gasteiger partial charge in [0.2, 0.25) is 0 Å². The fraction of sp³-hybridized carbons (Fsp3) is 1.00. The van der Waals surface area contributed by atoms with Crippen molar-refractivity contribution >= 4 is 8.60 Å². The van der Waals surface area contributed by atoms with Crippen LogP contribution in [0.4, 0.5) is 39.5 Å². The van der Waals surface area contributed by atoms with E-state index in [1.165, 1.54) is 0 Å². The quantitative estimate of drug-likeness (QED) is 0.474. The SMILES string of the molecule is FC(F)C(F)OP(OC(F)C(F)F)OC(F)C(F)F. The maximum absolute atomic E-state index is 12.3. The molecule has 0 amide bonds. The van der Waals surface area contributed by atoms with Gasteiger partial charge in [0.05, 0.1) is 0 Å². The average Bonchev–Trinajstić information content (AvgIpc) is 2.27. The smallest absolute Gasteiger partial charge is 0.270 e. The Morgan fingerprint density at radius 3 is 0.842 bits per heavy atom. The van der Waals surface area contributed by atoms with Crippen LogP contribution in [-0.4, -0.2) is 38.3 Å². The molecule has 0 bridgehead atoms. The monoisotopic (exact) mass is 328 g/mol. The van der Waals surface area contributed by atoms with Crippen LogP contribution >= 0.6 is 8.60 Å². The van der Waals surface area contributed by atoms with Gasteiger partial charge in [0.15, 0.2) is 0 Å². The third-order valence-electron chi connectivity index (χ3n) is 1.15. The predicted octanol–water partition coefficient (Wildman–Crippen LogP) is 3.95. The van der Waals surface area contributed by atoms with Crippen molar-refractivity contribution in [2.45, 2.75) is 38.3 Å². The molecule has 3 nitrogen and oxygen atoms in total. The molecule has 0 aliphatic rings. The van der Waals surface area contributed by atoms with Gasteiger partial charge in [0.25, 0.3) is 38.3 Å². The van der Waals surface area contributed by atoms with E-state index >= 15 is 0 Å². The molecule has 0 aliphatic carbocycles. The van der Waals surface area contributed by atoms with Gasteiger partial charge in [0, 0.05) is 0 Å². The fourth-order valence-electron chi connectivity index (χ4n) is 0.459. The molecule has 0 spiro atoms. The van der Waals surface area contributed by atoms with Crippen LogP contribution in [-0.2, 0) is 13.6 Å². The number of alkyl halides is 9. The third kappa shape index (κ3) is 7.75. The lowest BCUT2D eigenvalue weighted by molar-refractivity contribution is -0.132. The Bertz CT molecular complexity index is 208. The van der Waals surface area contributed by atoms with Gasteiger partial charge in [-0.15, -0.1) is 0 Å². The minimum atomic E-state index is -3.84. The summed E-state index contributed by atoms with van der Waals surface area (Å²) < 4.78 is 117. The normalized spacial score (nSPS) is 18.9. The van der Waals surface area contributed by atoms with Crippen molar-refractivity contribution < 1.29 is 53.1 Å². The number of hydrogen-bond acceptors (Lipinski definition) is 3. The second-order valence-electron chi connectivity index (χ2n) is 2.60. The molecule has 0 aromatic rings. The van der Waals surface area contributed by atoms with Crippen molar-refractivity contribution in [3.05, 3.63) is 0 Å². The Morgan fingerprint density at radius 2 is 0.684 bits per heavy atom. The first-order valence-corrected chi connectivity index (χ1v) is 5.31. The highest BCUT2D eigenvalue weighted by molar-refractivity contribution is 7.41. The second kappa shape index (κ2) is 8.77. The summed E-state index contributed by atoms with van der Waals surface area (Å²) in [7, 11) is -3.84. The molecular weight excluding hydrogens is 322 g/mol. The van der Waals surface area contributed by atoms with Gasteiger partial charge in [-0.05, 0) is 0 Å². The summed E-state index contributed by atoms with van der Waals surface area (Å²) in [6.45, 7) is 0. The van der Waals surface area contributed by atoms with Crippen molar-refractivity contribution in [3.63, 3.8) is 0 Å². The minimum Gasteiger partial charge on any atom is -0.270 e. The highest BCUT2D eigenvalue weighted by Gasteiger charge is 2.36. The molecule has 0 saturated carbocycles. The molecule has 0 fully saturated rings. The lowest BCUT2D eigenvalue weighted by atomic mass is 10.7. The molecule has 0 radical (unpaired) electrons. The number of hydrogen-bond donors (Lipinski definition) is 0. The summed E-state index contributed by atoms with van der Waals surface area (Å²) >= 11 is 0. The van der Waals surface area contributed by atoms with Crippen LogP contribution in [0.25, 0.3) is 0 Å². The van der Waals surface area contributed by atoms with Gasteiger partial charge >= 0.3 is 8.60 Å². The Morgan fingerprint density at radius 1 is 0.474 bits per heavy atom. The Balaban J connectivity index is 4.54. The van der Waals surface area contributed by atoms with Crippen LogP contribution < -0.4 is 0 Å². The van der Waals surface area contributed by atoms with Gasteiger partial charge in [-0.2, -0.15) is 0 Å². The molecule has 0 aromatic carbocycles.